The zero-order valence-corrected chi connectivity index (χ0v) is 12.8. The lowest BCUT2D eigenvalue weighted by Gasteiger charge is -2.38. The van der Waals surface area contributed by atoms with Crippen molar-refractivity contribution < 1.29 is 31.8 Å². The number of likely N-dealkylation sites (N-methyl/N-ethyl adjacent to an activating group) is 1. The number of fused-ring (bicyclic) bond motifs is 3. The molecule has 0 spiro atoms. The third-order valence-electron chi connectivity index (χ3n) is 3.92. The number of carbonyl (C=O) groups is 1. The van der Waals surface area contributed by atoms with Crippen LogP contribution < -0.4 is 10.9 Å². The first-order chi connectivity index (χ1) is 11.7. The van der Waals surface area contributed by atoms with Gasteiger partial charge in [0.1, 0.15) is 12.4 Å². The second-order valence-corrected chi connectivity index (χ2v) is 5.45. The van der Waals surface area contributed by atoms with Crippen molar-refractivity contribution in [3.8, 4) is 0 Å². The number of rotatable bonds is 2. The van der Waals surface area contributed by atoms with Gasteiger partial charge in [-0.25, -0.2) is 9.18 Å². The summed E-state index contributed by atoms with van der Waals surface area (Å²) in [5, 5.41) is 2.60. The van der Waals surface area contributed by atoms with Crippen LogP contribution in [0.2, 0.25) is 0 Å². The highest BCUT2D eigenvalue weighted by molar-refractivity contribution is 5.87. The number of hydrogen-bond acceptors (Lipinski definition) is 5. The number of H-pyrrole nitrogens is 1. The fourth-order valence-corrected chi connectivity index (χ4v) is 2.84. The fourth-order valence-electron chi connectivity index (χ4n) is 2.84. The van der Waals surface area contributed by atoms with Crippen LogP contribution in [0.5, 0.6) is 0 Å². The molecular formula is C15H12F4N2O4. The molecule has 2 aromatic rings. The van der Waals surface area contributed by atoms with Crippen molar-refractivity contribution in [3.63, 3.8) is 0 Å². The highest BCUT2D eigenvalue weighted by Gasteiger charge is 2.49. The molecule has 0 saturated heterocycles. The van der Waals surface area contributed by atoms with Crippen LogP contribution in [-0.4, -0.2) is 30.8 Å². The maximum absolute atomic E-state index is 13.5. The number of hydrogen-bond donors (Lipinski definition) is 2. The van der Waals surface area contributed by atoms with E-state index >= 15 is 0 Å². The molecule has 25 heavy (non-hydrogen) atoms. The van der Waals surface area contributed by atoms with Gasteiger partial charge >= 0.3 is 12.1 Å². The van der Waals surface area contributed by atoms with Gasteiger partial charge in [0, 0.05) is 5.56 Å². The number of esters is 1. The van der Waals surface area contributed by atoms with Gasteiger partial charge in [0.2, 0.25) is 5.72 Å². The summed E-state index contributed by atoms with van der Waals surface area (Å²) >= 11 is 0. The van der Waals surface area contributed by atoms with E-state index in [1.54, 1.807) is 0 Å². The van der Waals surface area contributed by atoms with Gasteiger partial charge in [-0.3, -0.25) is 10.1 Å². The van der Waals surface area contributed by atoms with Gasteiger partial charge in [0.05, 0.1) is 17.7 Å². The second-order valence-electron chi connectivity index (χ2n) is 5.45. The molecular weight excluding hydrogens is 348 g/mol. The number of halogens is 4. The lowest BCUT2D eigenvalue weighted by atomic mass is 9.93. The van der Waals surface area contributed by atoms with Gasteiger partial charge in [-0.2, -0.15) is 13.2 Å². The van der Waals surface area contributed by atoms with E-state index in [9.17, 15) is 27.2 Å². The van der Waals surface area contributed by atoms with Crippen molar-refractivity contribution >= 4 is 16.7 Å². The van der Waals surface area contributed by atoms with Gasteiger partial charge in [0.15, 0.2) is 0 Å². The molecule has 0 aliphatic carbocycles. The van der Waals surface area contributed by atoms with Crippen molar-refractivity contribution in [3.05, 3.63) is 45.6 Å². The van der Waals surface area contributed by atoms with E-state index in [4.69, 9.17) is 4.74 Å². The van der Waals surface area contributed by atoms with Crippen LogP contribution in [-0.2, 0) is 26.6 Å². The second kappa shape index (κ2) is 5.81. The number of carbonyl (C=O) groups excluding carboxylic acids is 1. The first-order valence-electron chi connectivity index (χ1n) is 7.09. The molecule has 2 N–H and O–H groups in total. The Hall–Kier alpha value is -2.46. The van der Waals surface area contributed by atoms with Gasteiger partial charge in [0.25, 0.3) is 5.56 Å². The molecule has 2 heterocycles. The lowest BCUT2D eigenvalue weighted by Crippen LogP contribution is -2.53. The smallest absolute Gasteiger partial charge is 0.430 e. The topological polar surface area (TPSA) is 80.4 Å². The molecule has 0 bridgehead atoms. The van der Waals surface area contributed by atoms with Crippen LogP contribution in [0.4, 0.5) is 17.6 Å². The number of pyridine rings is 1. The maximum atomic E-state index is 13.5. The molecule has 134 valence electrons. The summed E-state index contributed by atoms with van der Waals surface area (Å²) in [7, 11) is 1.28. The minimum absolute atomic E-state index is 0.0802. The van der Waals surface area contributed by atoms with E-state index in [-0.39, 0.29) is 28.6 Å². The van der Waals surface area contributed by atoms with Crippen LogP contribution in [0.1, 0.15) is 11.3 Å². The Kier molecular flexibility index (Phi) is 4.04. The first-order valence-corrected chi connectivity index (χ1v) is 7.09. The van der Waals surface area contributed by atoms with E-state index in [2.05, 4.69) is 15.0 Å². The molecule has 1 atom stereocenters. The van der Waals surface area contributed by atoms with E-state index in [1.807, 2.05) is 0 Å². The van der Waals surface area contributed by atoms with E-state index in [0.717, 1.165) is 12.1 Å². The molecule has 1 aliphatic heterocycles. The Morgan fingerprint density at radius 2 is 2.08 bits per heavy atom. The molecule has 0 amide bonds. The summed E-state index contributed by atoms with van der Waals surface area (Å²) in [5.74, 6) is -3.10. The Balaban J connectivity index is 2.27. The average Bonchev–Trinajstić information content (AvgIpc) is 2.54. The summed E-state index contributed by atoms with van der Waals surface area (Å²) in [6.45, 7) is -0.526. The Labute approximate surface area is 137 Å². The zero-order chi connectivity index (χ0) is 18.4. The molecule has 0 fully saturated rings. The number of ether oxygens (including phenoxy) is 2. The first kappa shape index (κ1) is 17.4. The molecule has 6 nitrogen and oxygen atoms in total. The Morgan fingerprint density at radius 1 is 1.36 bits per heavy atom. The van der Waals surface area contributed by atoms with Crippen LogP contribution in [0.25, 0.3) is 10.8 Å². The van der Waals surface area contributed by atoms with Gasteiger partial charge in [-0.15, -0.1) is 0 Å². The SMILES string of the molecule is CNC1(OC(=O)C(F)(F)F)COCc2[nH]c(=O)c3cc(F)ccc3c21. The summed E-state index contributed by atoms with van der Waals surface area (Å²) in [6, 6.07) is 3.26. The fraction of sp³-hybridized carbons (Fsp3) is 0.333. The standard InChI is InChI=1S/C15H12F4N2O4/c1-20-14(25-13(23)15(17,18)19)6-24-5-10-11(14)8-3-2-7(16)4-9(8)12(22)21-10/h2-4,20H,5-6H2,1H3,(H,21,22). The minimum atomic E-state index is -5.22. The predicted octanol–water partition coefficient (Wildman–Crippen LogP) is 1.68. The van der Waals surface area contributed by atoms with Crippen molar-refractivity contribution in [2.45, 2.75) is 18.5 Å². The van der Waals surface area contributed by atoms with Crippen molar-refractivity contribution in [2.75, 3.05) is 13.7 Å². The third kappa shape index (κ3) is 2.87. The number of aromatic nitrogens is 1. The number of alkyl halides is 3. The summed E-state index contributed by atoms with van der Waals surface area (Å²) in [5.41, 5.74) is -2.39. The summed E-state index contributed by atoms with van der Waals surface area (Å²) < 4.78 is 61.3. The Bertz CT molecular complexity index is 909. The monoisotopic (exact) mass is 360 g/mol. The van der Waals surface area contributed by atoms with E-state index in [0.29, 0.717) is 0 Å². The van der Waals surface area contributed by atoms with Crippen molar-refractivity contribution in [1.82, 2.24) is 10.3 Å². The van der Waals surface area contributed by atoms with Gasteiger partial charge in [-0.05, 0) is 24.6 Å². The highest BCUT2D eigenvalue weighted by Crippen LogP contribution is 2.36. The zero-order valence-electron chi connectivity index (χ0n) is 12.8. The minimum Gasteiger partial charge on any atom is -0.430 e. The number of benzene rings is 1. The molecule has 1 aromatic carbocycles. The number of nitrogens with one attached hydrogen (secondary N) is 2. The quantitative estimate of drug-likeness (QED) is 0.484. The largest absolute Gasteiger partial charge is 0.491 e. The van der Waals surface area contributed by atoms with Crippen molar-refractivity contribution in [1.29, 1.82) is 0 Å². The molecule has 1 aromatic heterocycles. The van der Waals surface area contributed by atoms with Crippen molar-refractivity contribution in [2.24, 2.45) is 0 Å². The maximum Gasteiger partial charge on any atom is 0.491 e. The number of aromatic amines is 1. The van der Waals surface area contributed by atoms with E-state index in [1.165, 1.54) is 13.1 Å². The van der Waals surface area contributed by atoms with E-state index < -0.39 is 35.9 Å². The Morgan fingerprint density at radius 3 is 2.72 bits per heavy atom. The molecule has 0 radical (unpaired) electrons. The van der Waals surface area contributed by atoms with Crippen LogP contribution in [0.15, 0.2) is 23.0 Å². The van der Waals surface area contributed by atoms with Gasteiger partial charge < -0.3 is 14.5 Å². The molecule has 1 aliphatic rings. The van der Waals surface area contributed by atoms with Crippen LogP contribution >= 0.6 is 0 Å². The highest BCUT2D eigenvalue weighted by atomic mass is 19.4. The normalized spacial score (nSPS) is 20.4. The third-order valence-corrected chi connectivity index (χ3v) is 3.92. The molecule has 0 saturated carbocycles. The average molecular weight is 360 g/mol. The lowest BCUT2D eigenvalue weighted by molar-refractivity contribution is -0.226. The van der Waals surface area contributed by atoms with Gasteiger partial charge in [-0.1, -0.05) is 6.07 Å². The van der Waals surface area contributed by atoms with Crippen LogP contribution in [0, 0.1) is 5.82 Å². The predicted molar refractivity (Wildman–Crippen MR) is 77.1 cm³/mol. The summed E-state index contributed by atoms with van der Waals surface area (Å²) in [6.07, 6.45) is -5.22. The molecule has 3 rings (SSSR count). The molecule has 1 unspecified atom stereocenters. The molecule has 10 heteroatoms. The van der Waals surface area contributed by atoms with Crippen LogP contribution in [0.3, 0.4) is 0 Å². The summed E-state index contributed by atoms with van der Waals surface area (Å²) in [4.78, 5) is 25.9.